The van der Waals surface area contributed by atoms with Gasteiger partial charge in [0.15, 0.2) is 0 Å². The summed E-state index contributed by atoms with van der Waals surface area (Å²) in [7, 11) is 0. The fraction of sp³-hybridized carbons (Fsp3) is 0.625. The molecule has 2 fully saturated rings. The molecule has 1 aromatic carbocycles. The van der Waals surface area contributed by atoms with Gasteiger partial charge in [-0.05, 0) is 44.7 Å². The Morgan fingerprint density at radius 2 is 1.67 bits per heavy atom. The first-order valence-corrected chi connectivity index (χ1v) is 11.8. The van der Waals surface area contributed by atoms with Crippen molar-refractivity contribution in [1.29, 1.82) is 0 Å². The first-order valence-electron chi connectivity index (χ1n) is 11.8. The van der Waals surface area contributed by atoms with E-state index in [2.05, 4.69) is 13.8 Å². The number of carbonyl (C=O) groups is 3. The van der Waals surface area contributed by atoms with E-state index in [9.17, 15) is 23.2 Å². The van der Waals surface area contributed by atoms with E-state index in [1.807, 2.05) is 0 Å². The molecule has 33 heavy (non-hydrogen) atoms. The van der Waals surface area contributed by atoms with E-state index in [4.69, 9.17) is 4.74 Å². The van der Waals surface area contributed by atoms with Gasteiger partial charge in [-0.15, -0.1) is 0 Å². The van der Waals surface area contributed by atoms with Crippen LogP contribution in [0.3, 0.4) is 0 Å². The third kappa shape index (κ3) is 4.82. The van der Waals surface area contributed by atoms with Gasteiger partial charge in [0.25, 0.3) is 11.8 Å². The number of ether oxygens (including phenoxy) is 1. The second-order valence-electron chi connectivity index (χ2n) is 8.72. The highest BCUT2D eigenvalue weighted by Crippen LogP contribution is 2.30. The van der Waals surface area contributed by atoms with Crippen molar-refractivity contribution in [1.82, 2.24) is 14.7 Å². The van der Waals surface area contributed by atoms with E-state index in [0.29, 0.717) is 32.5 Å². The van der Waals surface area contributed by atoms with Gasteiger partial charge in [-0.25, -0.2) is 13.6 Å². The van der Waals surface area contributed by atoms with Crippen LogP contribution in [0.5, 0.6) is 0 Å². The number of halogens is 2. The summed E-state index contributed by atoms with van der Waals surface area (Å²) in [5, 5.41) is 0. The lowest BCUT2D eigenvalue weighted by Gasteiger charge is -2.39. The second kappa shape index (κ2) is 10.5. The predicted octanol–water partition coefficient (Wildman–Crippen LogP) is 3.92. The van der Waals surface area contributed by atoms with Gasteiger partial charge < -0.3 is 14.5 Å². The van der Waals surface area contributed by atoms with Crippen molar-refractivity contribution in [2.45, 2.75) is 59.0 Å². The Morgan fingerprint density at radius 1 is 1.09 bits per heavy atom. The van der Waals surface area contributed by atoms with Crippen molar-refractivity contribution in [2.75, 3.05) is 32.8 Å². The van der Waals surface area contributed by atoms with Crippen LogP contribution in [-0.2, 0) is 4.74 Å². The van der Waals surface area contributed by atoms with Crippen LogP contribution in [0.4, 0.5) is 13.6 Å². The molecule has 0 N–H and O–H groups in total. The summed E-state index contributed by atoms with van der Waals surface area (Å²) in [5.41, 5.74) is -1.05. The summed E-state index contributed by atoms with van der Waals surface area (Å²) in [6, 6.07) is 1.67. The summed E-state index contributed by atoms with van der Waals surface area (Å²) in [6.45, 7) is 9.16. The van der Waals surface area contributed by atoms with Gasteiger partial charge in [0.05, 0.1) is 17.2 Å². The van der Waals surface area contributed by atoms with Crippen LogP contribution in [-0.4, -0.2) is 77.5 Å². The van der Waals surface area contributed by atoms with Crippen molar-refractivity contribution < 1.29 is 27.9 Å². The van der Waals surface area contributed by atoms with Gasteiger partial charge >= 0.3 is 6.09 Å². The summed E-state index contributed by atoms with van der Waals surface area (Å²) in [6.07, 6.45) is 1.58. The number of hydrogen-bond donors (Lipinski definition) is 0. The Morgan fingerprint density at radius 3 is 2.21 bits per heavy atom. The minimum atomic E-state index is -0.918. The highest BCUT2D eigenvalue weighted by Gasteiger charge is 2.42. The zero-order chi connectivity index (χ0) is 24.3. The number of rotatable bonds is 7. The molecular formula is C24H33F2N3O4. The molecule has 0 spiro atoms. The molecule has 2 aliphatic rings. The summed E-state index contributed by atoms with van der Waals surface area (Å²) in [4.78, 5) is 43.1. The van der Waals surface area contributed by atoms with Gasteiger partial charge in [0.2, 0.25) is 0 Å². The number of amides is 3. The average Bonchev–Trinajstić information content (AvgIpc) is 3.21. The number of carbonyl (C=O) groups excluding carboxylic acids is 3. The Kier molecular flexibility index (Phi) is 7.92. The molecule has 0 saturated carbocycles. The molecule has 3 amide bonds. The first-order chi connectivity index (χ1) is 15.7. The van der Waals surface area contributed by atoms with E-state index < -0.39 is 34.6 Å². The van der Waals surface area contributed by atoms with Gasteiger partial charge in [-0.3, -0.25) is 14.5 Å². The maximum absolute atomic E-state index is 14.8. The van der Waals surface area contributed by atoms with E-state index in [1.165, 1.54) is 9.80 Å². The molecule has 0 bridgehead atoms. The van der Waals surface area contributed by atoms with Crippen LogP contribution in [0.25, 0.3) is 0 Å². The van der Waals surface area contributed by atoms with Crippen LogP contribution in [0, 0.1) is 17.6 Å². The zero-order valence-corrected chi connectivity index (χ0v) is 19.8. The van der Waals surface area contributed by atoms with Crippen LogP contribution in [0.1, 0.15) is 67.7 Å². The van der Waals surface area contributed by atoms with Crippen LogP contribution < -0.4 is 0 Å². The maximum atomic E-state index is 14.8. The topological polar surface area (TPSA) is 70.2 Å². The van der Waals surface area contributed by atoms with Gasteiger partial charge in [0, 0.05) is 32.2 Å². The Hall–Kier alpha value is -2.71. The monoisotopic (exact) mass is 465 g/mol. The van der Waals surface area contributed by atoms with Crippen molar-refractivity contribution in [3.8, 4) is 0 Å². The zero-order valence-electron chi connectivity index (χ0n) is 19.8. The molecule has 1 aromatic rings. The normalized spacial score (nSPS) is 20.1. The number of likely N-dealkylation sites (tertiary alicyclic amines) is 1. The van der Waals surface area contributed by atoms with E-state index in [1.54, 1.807) is 18.7 Å². The van der Waals surface area contributed by atoms with Gasteiger partial charge in [-0.2, -0.15) is 0 Å². The van der Waals surface area contributed by atoms with E-state index in [0.717, 1.165) is 18.6 Å². The lowest BCUT2D eigenvalue weighted by molar-refractivity contribution is 0.0600. The molecule has 3 rings (SSSR count). The molecule has 0 unspecified atom stereocenters. The van der Waals surface area contributed by atoms with Crippen molar-refractivity contribution in [3.05, 3.63) is 34.9 Å². The summed E-state index contributed by atoms with van der Waals surface area (Å²) < 4.78 is 34.7. The average molecular weight is 466 g/mol. The van der Waals surface area contributed by atoms with Crippen LogP contribution in [0.15, 0.2) is 12.1 Å². The number of cyclic esters (lactones) is 1. The number of piperidine rings is 1. The highest BCUT2D eigenvalue weighted by molar-refractivity contribution is 6.07. The maximum Gasteiger partial charge on any atom is 0.410 e. The third-order valence-electron chi connectivity index (χ3n) is 6.97. The molecule has 2 aliphatic heterocycles. The molecule has 2 heterocycles. The molecule has 2 saturated heterocycles. The fourth-order valence-corrected chi connectivity index (χ4v) is 4.72. The third-order valence-corrected chi connectivity index (χ3v) is 6.97. The van der Waals surface area contributed by atoms with Crippen LogP contribution >= 0.6 is 0 Å². The standard InChI is InChI=1S/C24H33F2N3O4/c1-5-15(4)19-14-33-24(32)29(19)16-10-12-28(13-11-16)23(31)21-18(26)9-8-17(25)20(21)22(30)27(6-2)7-3/h8-9,15-16,19H,5-7,10-14H2,1-4H3/t15-,19-/m0/s1. The predicted molar refractivity (Wildman–Crippen MR) is 119 cm³/mol. The molecule has 0 radical (unpaired) electrons. The largest absolute Gasteiger partial charge is 0.447 e. The van der Waals surface area contributed by atoms with Gasteiger partial charge in [-0.1, -0.05) is 20.3 Å². The van der Waals surface area contributed by atoms with E-state index >= 15 is 0 Å². The molecule has 9 heteroatoms. The molecule has 2 atom stereocenters. The minimum absolute atomic E-state index is 0.00582. The number of hydrogen-bond acceptors (Lipinski definition) is 4. The Labute approximate surface area is 193 Å². The molecular weight excluding hydrogens is 432 g/mol. The quantitative estimate of drug-likeness (QED) is 0.612. The summed E-state index contributed by atoms with van der Waals surface area (Å²) in [5.74, 6) is -2.96. The van der Waals surface area contributed by atoms with Gasteiger partial charge in [0.1, 0.15) is 18.2 Å². The number of benzene rings is 1. The molecule has 0 aliphatic carbocycles. The highest BCUT2D eigenvalue weighted by atomic mass is 19.1. The van der Waals surface area contributed by atoms with Crippen LogP contribution in [0.2, 0.25) is 0 Å². The molecule has 0 aromatic heterocycles. The summed E-state index contributed by atoms with van der Waals surface area (Å²) >= 11 is 0. The minimum Gasteiger partial charge on any atom is -0.447 e. The Bertz CT molecular complexity index is 898. The van der Waals surface area contributed by atoms with E-state index in [-0.39, 0.29) is 37.2 Å². The molecule has 182 valence electrons. The Balaban J connectivity index is 1.80. The number of nitrogens with zero attached hydrogens (tertiary/aromatic N) is 3. The first kappa shape index (κ1) is 24.9. The smallest absolute Gasteiger partial charge is 0.410 e. The molecule has 7 nitrogen and oxygen atoms in total. The SMILES string of the molecule is CC[C@H](C)[C@@H]1COC(=O)N1C1CCN(C(=O)c2c(F)ccc(F)c2C(=O)N(CC)CC)CC1. The lowest BCUT2D eigenvalue weighted by atomic mass is 9.94. The van der Waals surface area contributed by atoms with Crippen molar-refractivity contribution >= 4 is 17.9 Å². The second-order valence-corrected chi connectivity index (χ2v) is 8.72. The fourth-order valence-electron chi connectivity index (χ4n) is 4.72. The van der Waals surface area contributed by atoms with Crippen molar-refractivity contribution in [2.24, 2.45) is 5.92 Å². The lowest BCUT2D eigenvalue weighted by Crippen LogP contribution is -2.51. The van der Waals surface area contributed by atoms with Crippen molar-refractivity contribution in [3.63, 3.8) is 0 Å².